The molecule has 0 fully saturated rings. The molecule has 242 valence electrons. The van der Waals surface area contributed by atoms with Crippen molar-refractivity contribution in [3.8, 4) is 28.5 Å². The van der Waals surface area contributed by atoms with Crippen LogP contribution in [0.25, 0.3) is 11.1 Å². The van der Waals surface area contributed by atoms with E-state index in [4.69, 9.17) is 19.3 Å². The average Bonchev–Trinajstić information content (AvgIpc) is 3.52. The first-order valence-corrected chi connectivity index (χ1v) is 15.8. The maximum Gasteiger partial charge on any atom is 0.417 e. The Morgan fingerprint density at radius 1 is 1.07 bits per heavy atom. The highest BCUT2D eigenvalue weighted by molar-refractivity contribution is 7.90. The first-order valence-electron chi connectivity index (χ1n) is 13.8. The molecule has 45 heavy (non-hydrogen) atoms. The number of benzene rings is 2. The molecule has 2 atom stereocenters. The Morgan fingerprint density at radius 2 is 1.76 bits per heavy atom. The zero-order valence-corrected chi connectivity index (χ0v) is 24.5. The van der Waals surface area contributed by atoms with Gasteiger partial charge in [-0.25, -0.2) is 13.4 Å². The van der Waals surface area contributed by atoms with Gasteiger partial charge in [0.2, 0.25) is 5.88 Å². The number of alkyl halides is 6. The maximum atomic E-state index is 14.4. The van der Waals surface area contributed by atoms with Crippen molar-refractivity contribution in [2.24, 2.45) is 0 Å². The van der Waals surface area contributed by atoms with Crippen molar-refractivity contribution in [1.82, 2.24) is 4.98 Å². The maximum absolute atomic E-state index is 14.4. The van der Waals surface area contributed by atoms with Crippen LogP contribution in [-0.2, 0) is 33.4 Å². The number of rotatable bonds is 10. The Labute approximate surface area is 253 Å². The number of halogens is 6. The number of nitrogens with zero attached hydrogens (tertiary/aromatic N) is 1. The molecule has 2 aromatic carbocycles. The van der Waals surface area contributed by atoms with Gasteiger partial charge in [0.25, 0.3) is 0 Å². The van der Waals surface area contributed by atoms with Gasteiger partial charge >= 0.3 is 18.3 Å². The van der Waals surface area contributed by atoms with E-state index in [0.29, 0.717) is 29.0 Å². The summed E-state index contributed by atoms with van der Waals surface area (Å²) in [5, 5.41) is 9.10. The molecule has 5 rings (SSSR count). The summed E-state index contributed by atoms with van der Waals surface area (Å²) in [4.78, 5) is 15.3. The highest BCUT2D eigenvalue weighted by Gasteiger charge is 2.43. The quantitative estimate of drug-likeness (QED) is 0.191. The molecule has 1 aliphatic heterocycles. The minimum atomic E-state index is -5.19. The van der Waals surface area contributed by atoms with Gasteiger partial charge < -0.3 is 19.3 Å². The second-order valence-electron chi connectivity index (χ2n) is 10.9. The summed E-state index contributed by atoms with van der Waals surface area (Å²) in [6, 6.07) is 6.62. The summed E-state index contributed by atoms with van der Waals surface area (Å²) in [6.07, 6.45) is -8.62. The Balaban J connectivity index is 1.49. The molecular weight excluding hydrogens is 632 g/mol. The van der Waals surface area contributed by atoms with E-state index < -0.39 is 63.3 Å². The van der Waals surface area contributed by atoms with E-state index in [1.807, 2.05) is 0 Å². The van der Waals surface area contributed by atoms with E-state index in [1.165, 1.54) is 24.4 Å². The van der Waals surface area contributed by atoms with E-state index in [1.54, 1.807) is 6.07 Å². The van der Waals surface area contributed by atoms with Crippen molar-refractivity contribution in [1.29, 1.82) is 0 Å². The molecular formula is C30H27F6NO7S. The molecule has 0 saturated heterocycles. The van der Waals surface area contributed by atoms with Crippen molar-refractivity contribution in [2.45, 2.75) is 50.1 Å². The standard InChI is InChI=1S/C30H27F6NO7S/c1-45(40,41)9-3-8-42-17-11-22(29(31,32)33)28(23(12-17)30(34,35)36)20-5-2-4-19-18(20)6-7-24(19)44-26-13-25-21(14-37-26)16(15-43-25)10-27(38)39/h2,4-5,11-14,16,24H,3,6-10,15H2,1H3,(H,38,39)/t16-,24?/m1/s1. The van der Waals surface area contributed by atoms with Crippen LogP contribution in [-0.4, -0.2) is 49.7 Å². The Morgan fingerprint density at radius 3 is 2.38 bits per heavy atom. The van der Waals surface area contributed by atoms with E-state index in [9.17, 15) is 39.6 Å². The molecule has 1 N–H and O–H groups in total. The number of carboxylic acids is 1. The van der Waals surface area contributed by atoms with Gasteiger partial charge in [0.1, 0.15) is 27.4 Å². The third-order valence-electron chi connectivity index (χ3n) is 7.57. The van der Waals surface area contributed by atoms with Crippen LogP contribution in [0.1, 0.15) is 59.1 Å². The van der Waals surface area contributed by atoms with Crippen LogP contribution in [0.15, 0.2) is 42.6 Å². The number of sulfone groups is 1. The third kappa shape index (κ3) is 7.29. The predicted molar refractivity (Wildman–Crippen MR) is 148 cm³/mol. The molecule has 2 aliphatic rings. The van der Waals surface area contributed by atoms with Gasteiger partial charge in [-0.2, -0.15) is 26.3 Å². The van der Waals surface area contributed by atoms with E-state index in [0.717, 1.165) is 6.26 Å². The lowest BCUT2D eigenvalue weighted by atomic mass is 9.88. The molecule has 8 nitrogen and oxygen atoms in total. The van der Waals surface area contributed by atoms with Gasteiger partial charge in [0, 0.05) is 35.6 Å². The van der Waals surface area contributed by atoms with Crippen LogP contribution in [0.2, 0.25) is 0 Å². The smallest absolute Gasteiger partial charge is 0.417 e. The number of hydrogen-bond acceptors (Lipinski definition) is 7. The minimum absolute atomic E-state index is 0.109. The molecule has 15 heteroatoms. The number of pyridine rings is 1. The molecule has 3 aromatic rings. The van der Waals surface area contributed by atoms with Crippen LogP contribution >= 0.6 is 0 Å². The number of carboxylic acid groups (broad SMARTS) is 1. The van der Waals surface area contributed by atoms with Crippen molar-refractivity contribution in [2.75, 3.05) is 25.2 Å². The minimum Gasteiger partial charge on any atom is -0.494 e. The molecule has 1 aromatic heterocycles. The molecule has 1 unspecified atom stereocenters. The fourth-order valence-electron chi connectivity index (χ4n) is 5.65. The Bertz CT molecular complexity index is 1690. The predicted octanol–water partition coefficient (Wildman–Crippen LogP) is 6.62. The summed E-state index contributed by atoms with van der Waals surface area (Å²) in [5.74, 6) is -1.91. The summed E-state index contributed by atoms with van der Waals surface area (Å²) in [6.45, 7) is -0.251. The largest absolute Gasteiger partial charge is 0.494 e. The third-order valence-corrected chi connectivity index (χ3v) is 8.60. The fraction of sp³-hybridized carbons (Fsp3) is 0.400. The number of carbonyl (C=O) groups is 1. The molecule has 0 spiro atoms. The first kappa shape index (κ1) is 32.4. The first-order chi connectivity index (χ1) is 21.0. The summed E-state index contributed by atoms with van der Waals surface area (Å²) >= 11 is 0. The molecule has 2 heterocycles. The fourth-order valence-corrected chi connectivity index (χ4v) is 6.29. The topological polar surface area (TPSA) is 112 Å². The lowest BCUT2D eigenvalue weighted by Gasteiger charge is -2.23. The lowest BCUT2D eigenvalue weighted by molar-refractivity contribution is -0.142. The van der Waals surface area contributed by atoms with Gasteiger partial charge in [-0.1, -0.05) is 18.2 Å². The zero-order chi connectivity index (χ0) is 32.7. The average molecular weight is 660 g/mol. The number of ether oxygens (including phenoxy) is 3. The van der Waals surface area contributed by atoms with Crippen LogP contribution < -0.4 is 14.2 Å². The van der Waals surface area contributed by atoms with Crippen LogP contribution in [0.3, 0.4) is 0 Å². The Kier molecular flexibility index (Phi) is 8.68. The summed E-state index contributed by atoms with van der Waals surface area (Å²) < 4.78 is 126. The molecule has 0 amide bonds. The van der Waals surface area contributed by atoms with Crippen molar-refractivity contribution in [3.05, 3.63) is 70.4 Å². The number of hydrogen-bond donors (Lipinski definition) is 1. The van der Waals surface area contributed by atoms with Gasteiger partial charge in [-0.05, 0) is 48.1 Å². The second-order valence-corrected chi connectivity index (χ2v) is 13.2. The van der Waals surface area contributed by atoms with Gasteiger partial charge in [0.15, 0.2) is 0 Å². The van der Waals surface area contributed by atoms with Gasteiger partial charge in [-0.3, -0.25) is 4.79 Å². The SMILES string of the molecule is CS(=O)(=O)CCCOc1cc(C(F)(F)F)c(-c2cccc3c2CCC3Oc2cc3c(cn2)[C@H](CC(=O)O)CO3)c(C(F)(F)F)c1. The number of aliphatic carboxylic acids is 1. The van der Waals surface area contributed by atoms with Crippen molar-refractivity contribution >= 4 is 15.8 Å². The molecule has 0 saturated carbocycles. The highest BCUT2D eigenvalue weighted by atomic mass is 32.2. The summed E-state index contributed by atoms with van der Waals surface area (Å²) in [5.41, 5.74) is -3.10. The van der Waals surface area contributed by atoms with Crippen LogP contribution in [0.5, 0.6) is 17.4 Å². The van der Waals surface area contributed by atoms with Crippen molar-refractivity contribution in [3.63, 3.8) is 0 Å². The summed E-state index contributed by atoms with van der Waals surface area (Å²) in [7, 11) is -3.40. The number of aromatic nitrogens is 1. The zero-order valence-electron chi connectivity index (χ0n) is 23.7. The highest BCUT2D eigenvalue weighted by Crippen LogP contribution is 2.50. The molecule has 0 bridgehead atoms. The monoisotopic (exact) mass is 659 g/mol. The lowest BCUT2D eigenvalue weighted by Crippen LogP contribution is -2.16. The molecule has 0 radical (unpaired) electrons. The van der Waals surface area contributed by atoms with Crippen molar-refractivity contribution < 1.29 is 58.9 Å². The molecule has 1 aliphatic carbocycles. The van der Waals surface area contributed by atoms with Gasteiger partial charge in [0.05, 0.1) is 36.5 Å². The van der Waals surface area contributed by atoms with E-state index in [-0.39, 0.29) is 61.0 Å². The van der Waals surface area contributed by atoms with Crippen LogP contribution in [0.4, 0.5) is 26.3 Å². The van der Waals surface area contributed by atoms with Crippen LogP contribution in [0, 0.1) is 0 Å². The van der Waals surface area contributed by atoms with E-state index in [2.05, 4.69) is 4.98 Å². The Hall–Kier alpha value is -4.01. The number of fused-ring (bicyclic) bond motifs is 2. The normalized spacial score (nSPS) is 17.8. The van der Waals surface area contributed by atoms with Gasteiger partial charge in [-0.15, -0.1) is 0 Å². The van der Waals surface area contributed by atoms with E-state index >= 15 is 0 Å². The second kappa shape index (κ2) is 12.1.